The SMILES string of the molecule is CNCC1CCN(C(=O)c2ncccc2C)CC1.Cl.Cl. The summed E-state index contributed by atoms with van der Waals surface area (Å²) in [6.07, 6.45) is 3.85. The lowest BCUT2D eigenvalue weighted by Gasteiger charge is -2.32. The molecule has 1 aromatic rings. The molecule has 0 saturated carbocycles. The van der Waals surface area contributed by atoms with Crippen molar-refractivity contribution in [2.45, 2.75) is 19.8 Å². The molecule has 1 fully saturated rings. The van der Waals surface area contributed by atoms with Gasteiger partial charge in [0.15, 0.2) is 0 Å². The van der Waals surface area contributed by atoms with Crippen LogP contribution in [-0.4, -0.2) is 42.5 Å². The molecular weight excluding hydrogens is 297 g/mol. The monoisotopic (exact) mass is 319 g/mol. The van der Waals surface area contributed by atoms with Gasteiger partial charge in [0.05, 0.1) is 0 Å². The molecule has 2 heterocycles. The molecule has 0 aliphatic carbocycles. The summed E-state index contributed by atoms with van der Waals surface area (Å²) >= 11 is 0. The molecule has 0 unspecified atom stereocenters. The zero-order valence-corrected chi connectivity index (χ0v) is 13.6. The molecule has 0 bridgehead atoms. The number of piperidine rings is 1. The Bertz CT molecular complexity index is 421. The fraction of sp³-hybridized carbons (Fsp3) is 0.571. The van der Waals surface area contributed by atoms with Crippen LogP contribution in [0.25, 0.3) is 0 Å². The summed E-state index contributed by atoms with van der Waals surface area (Å²) in [6, 6.07) is 3.80. The second kappa shape index (κ2) is 9.16. The van der Waals surface area contributed by atoms with Crippen LogP contribution in [0, 0.1) is 12.8 Å². The standard InChI is InChI=1S/C14H21N3O.2ClH/c1-11-4-3-7-16-13(11)14(18)17-8-5-12(6-9-17)10-15-2;;/h3-4,7,12,15H,5-6,8-10H2,1-2H3;2*1H. The van der Waals surface area contributed by atoms with Crippen molar-refractivity contribution in [3.8, 4) is 0 Å². The Balaban J connectivity index is 0.00000180. The van der Waals surface area contributed by atoms with Gasteiger partial charge in [-0.2, -0.15) is 0 Å². The van der Waals surface area contributed by atoms with Crippen molar-refractivity contribution in [1.82, 2.24) is 15.2 Å². The molecule has 4 nitrogen and oxygen atoms in total. The lowest BCUT2D eigenvalue weighted by molar-refractivity contribution is 0.0684. The average molecular weight is 320 g/mol. The third-order valence-corrected chi connectivity index (χ3v) is 3.61. The van der Waals surface area contributed by atoms with E-state index in [1.54, 1.807) is 6.20 Å². The summed E-state index contributed by atoms with van der Waals surface area (Å²) in [5, 5.41) is 3.21. The van der Waals surface area contributed by atoms with Crippen molar-refractivity contribution < 1.29 is 4.79 Å². The molecule has 1 aromatic heterocycles. The van der Waals surface area contributed by atoms with Crippen LogP contribution in [0.3, 0.4) is 0 Å². The number of hydrogen-bond acceptors (Lipinski definition) is 3. The smallest absolute Gasteiger partial charge is 0.272 e. The van der Waals surface area contributed by atoms with Crippen molar-refractivity contribution in [3.63, 3.8) is 0 Å². The number of nitrogens with zero attached hydrogens (tertiary/aromatic N) is 2. The lowest BCUT2D eigenvalue weighted by atomic mass is 9.96. The second-order valence-corrected chi connectivity index (χ2v) is 4.96. The molecule has 0 radical (unpaired) electrons. The van der Waals surface area contributed by atoms with Gasteiger partial charge in [0, 0.05) is 19.3 Å². The fourth-order valence-corrected chi connectivity index (χ4v) is 2.49. The molecule has 1 N–H and O–H groups in total. The molecule has 0 spiro atoms. The van der Waals surface area contributed by atoms with Crippen LogP contribution < -0.4 is 5.32 Å². The first kappa shape index (κ1) is 19.2. The minimum Gasteiger partial charge on any atom is -0.337 e. The third-order valence-electron chi connectivity index (χ3n) is 3.61. The van der Waals surface area contributed by atoms with Crippen LogP contribution in [0.5, 0.6) is 0 Å². The van der Waals surface area contributed by atoms with Gasteiger partial charge in [-0.25, -0.2) is 0 Å². The number of carbonyl (C=O) groups excluding carboxylic acids is 1. The molecule has 1 amide bonds. The Morgan fingerprint density at radius 1 is 1.40 bits per heavy atom. The number of amides is 1. The molecule has 1 aliphatic heterocycles. The highest BCUT2D eigenvalue weighted by Gasteiger charge is 2.24. The summed E-state index contributed by atoms with van der Waals surface area (Å²) in [7, 11) is 1.98. The Kier molecular flexibility index (Phi) is 8.78. The highest BCUT2D eigenvalue weighted by atomic mass is 35.5. The molecule has 20 heavy (non-hydrogen) atoms. The number of nitrogens with one attached hydrogen (secondary N) is 1. The van der Waals surface area contributed by atoms with Crippen LogP contribution >= 0.6 is 24.8 Å². The Labute approximate surface area is 133 Å². The molecule has 0 atom stereocenters. The van der Waals surface area contributed by atoms with Crippen molar-refractivity contribution in [1.29, 1.82) is 0 Å². The summed E-state index contributed by atoms with van der Waals surface area (Å²) in [6.45, 7) is 4.68. The average Bonchev–Trinajstić information content (AvgIpc) is 2.40. The van der Waals surface area contributed by atoms with Crippen molar-refractivity contribution in [3.05, 3.63) is 29.6 Å². The first-order chi connectivity index (χ1) is 8.72. The first-order valence-electron chi connectivity index (χ1n) is 6.58. The van der Waals surface area contributed by atoms with Gasteiger partial charge in [0.1, 0.15) is 5.69 Å². The Hall–Kier alpha value is -0.840. The number of carbonyl (C=O) groups is 1. The van der Waals surface area contributed by atoms with Gasteiger partial charge >= 0.3 is 0 Å². The van der Waals surface area contributed by atoms with E-state index in [-0.39, 0.29) is 30.7 Å². The topological polar surface area (TPSA) is 45.2 Å². The highest BCUT2D eigenvalue weighted by molar-refractivity contribution is 5.93. The van der Waals surface area contributed by atoms with Gasteiger partial charge in [-0.1, -0.05) is 6.07 Å². The van der Waals surface area contributed by atoms with Gasteiger partial charge in [0.25, 0.3) is 5.91 Å². The van der Waals surface area contributed by atoms with Crippen molar-refractivity contribution in [2.24, 2.45) is 5.92 Å². The fourth-order valence-electron chi connectivity index (χ4n) is 2.49. The molecular formula is C14H23Cl2N3O. The minimum absolute atomic E-state index is 0. The van der Waals surface area contributed by atoms with Crippen molar-refractivity contribution >= 4 is 30.7 Å². The number of halogens is 2. The van der Waals surface area contributed by atoms with E-state index in [9.17, 15) is 4.79 Å². The minimum atomic E-state index is 0. The van der Waals surface area contributed by atoms with E-state index < -0.39 is 0 Å². The van der Waals surface area contributed by atoms with E-state index in [2.05, 4.69) is 10.3 Å². The highest BCUT2D eigenvalue weighted by Crippen LogP contribution is 2.18. The number of aromatic nitrogens is 1. The first-order valence-corrected chi connectivity index (χ1v) is 6.58. The summed E-state index contributed by atoms with van der Waals surface area (Å²) in [5.41, 5.74) is 1.56. The van der Waals surface area contributed by atoms with Gasteiger partial charge in [-0.15, -0.1) is 24.8 Å². The number of pyridine rings is 1. The van der Waals surface area contributed by atoms with Crippen LogP contribution in [0.1, 0.15) is 28.9 Å². The molecule has 2 rings (SSSR count). The maximum Gasteiger partial charge on any atom is 0.272 e. The zero-order valence-electron chi connectivity index (χ0n) is 12.0. The molecule has 1 aliphatic rings. The van der Waals surface area contributed by atoms with Gasteiger partial charge in [-0.05, 0) is 50.9 Å². The van der Waals surface area contributed by atoms with Crippen molar-refractivity contribution in [2.75, 3.05) is 26.7 Å². The Morgan fingerprint density at radius 3 is 2.60 bits per heavy atom. The van der Waals surface area contributed by atoms with Crippen LogP contribution in [0.2, 0.25) is 0 Å². The normalized spacial score (nSPS) is 15.2. The van der Waals surface area contributed by atoms with Crippen LogP contribution in [-0.2, 0) is 0 Å². The maximum atomic E-state index is 12.3. The Morgan fingerprint density at radius 2 is 2.05 bits per heavy atom. The van der Waals surface area contributed by atoms with Gasteiger partial charge in [0.2, 0.25) is 0 Å². The maximum absolute atomic E-state index is 12.3. The van der Waals surface area contributed by atoms with E-state index in [4.69, 9.17) is 0 Å². The van der Waals surface area contributed by atoms with E-state index in [0.29, 0.717) is 11.6 Å². The number of likely N-dealkylation sites (tertiary alicyclic amines) is 1. The largest absolute Gasteiger partial charge is 0.337 e. The van der Waals surface area contributed by atoms with Gasteiger partial charge < -0.3 is 10.2 Å². The van der Waals surface area contributed by atoms with E-state index in [1.807, 2.05) is 31.0 Å². The predicted octanol–water partition coefficient (Wildman–Crippen LogP) is 2.31. The van der Waals surface area contributed by atoms with E-state index in [0.717, 1.165) is 38.0 Å². The molecule has 0 aromatic carbocycles. The van der Waals surface area contributed by atoms with Crippen LogP contribution in [0.4, 0.5) is 0 Å². The number of rotatable bonds is 3. The van der Waals surface area contributed by atoms with E-state index in [1.165, 1.54) is 0 Å². The van der Waals surface area contributed by atoms with Gasteiger partial charge in [-0.3, -0.25) is 9.78 Å². The zero-order chi connectivity index (χ0) is 13.0. The quantitative estimate of drug-likeness (QED) is 0.929. The number of aryl methyl sites for hydroxylation is 1. The second-order valence-electron chi connectivity index (χ2n) is 4.96. The van der Waals surface area contributed by atoms with Crippen LogP contribution in [0.15, 0.2) is 18.3 Å². The molecule has 1 saturated heterocycles. The third kappa shape index (κ3) is 4.62. The predicted molar refractivity (Wildman–Crippen MR) is 86.0 cm³/mol. The number of hydrogen-bond donors (Lipinski definition) is 1. The summed E-state index contributed by atoms with van der Waals surface area (Å²) in [5.74, 6) is 0.778. The summed E-state index contributed by atoms with van der Waals surface area (Å²) < 4.78 is 0. The molecule has 114 valence electrons. The van der Waals surface area contributed by atoms with E-state index >= 15 is 0 Å². The molecule has 6 heteroatoms. The summed E-state index contributed by atoms with van der Waals surface area (Å²) in [4.78, 5) is 18.5. The lowest BCUT2D eigenvalue weighted by Crippen LogP contribution is -2.41.